The second-order valence-corrected chi connectivity index (χ2v) is 5.46. The first-order valence-corrected chi connectivity index (χ1v) is 7.38. The van der Waals surface area contributed by atoms with E-state index in [0.717, 1.165) is 42.3 Å². The summed E-state index contributed by atoms with van der Waals surface area (Å²) in [5.74, 6) is 1.36. The Labute approximate surface area is 126 Å². The molecule has 1 aliphatic rings. The number of rotatable bonds is 1. The minimum Gasteiger partial charge on any atom is -0.454 e. The molecular weight excluding hydrogens is 280 g/mol. The van der Waals surface area contributed by atoms with Crippen LogP contribution >= 0.6 is 0 Å². The number of primary amides is 1. The number of hydrogen-bond acceptors (Lipinski definition) is 4. The molecule has 1 aliphatic heterocycles. The van der Waals surface area contributed by atoms with Gasteiger partial charge in [0.1, 0.15) is 17.1 Å². The van der Waals surface area contributed by atoms with E-state index >= 15 is 0 Å². The third-order valence-corrected chi connectivity index (χ3v) is 4.00. The second kappa shape index (κ2) is 4.91. The van der Waals surface area contributed by atoms with Gasteiger partial charge in [0.15, 0.2) is 5.76 Å². The summed E-state index contributed by atoms with van der Waals surface area (Å²) in [4.78, 5) is 11.7. The van der Waals surface area contributed by atoms with E-state index in [1.807, 2.05) is 30.3 Å². The molecule has 3 N–H and O–H groups in total. The fourth-order valence-corrected chi connectivity index (χ4v) is 2.96. The molecule has 112 valence electrons. The normalized spacial score (nSPS) is 14.4. The lowest BCUT2D eigenvalue weighted by atomic mass is 10.1. The summed E-state index contributed by atoms with van der Waals surface area (Å²) in [6, 6.07) is 9.16. The van der Waals surface area contributed by atoms with Crippen molar-refractivity contribution in [2.75, 3.05) is 11.9 Å². The van der Waals surface area contributed by atoms with Crippen molar-refractivity contribution in [3.63, 3.8) is 0 Å². The van der Waals surface area contributed by atoms with Crippen LogP contribution in [0.3, 0.4) is 0 Å². The van der Waals surface area contributed by atoms with Gasteiger partial charge in [-0.3, -0.25) is 0 Å². The number of carbonyl (C=O) groups excluding carboxylic acids is 1. The number of para-hydroxylation sites is 1. The molecule has 6 nitrogen and oxygen atoms in total. The number of carbonyl (C=O) groups is 1. The van der Waals surface area contributed by atoms with Crippen LogP contribution in [0.4, 0.5) is 10.6 Å². The van der Waals surface area contributed by atoms with Crippen LogP contribution in [0.25, 0.3) is 22.4 Å². The first kappa shape index (κ1) is 12.9. The highest BCUT2D eigenvalue weighted by Crippen LogP contribution is 2.34. The van der Waals surface area contributed by atoms with Gasteiger partial charge in [0.25, 0.3) is 0 Å². The van der Waals surface area contributed by atoms with Crippen LogP contribution in [0.1, 0.15) is 18.4 Å². The predicted octanol–water partition coefficient (Wildman–Crippen LogP) is 2.97. The molecule has 2 aromatic heterocycles. The molecule has 3 heterocycles. The van der Waals surface area contributed by atoms with Gasteiger partial charge in [-0.25, -0.2) is 4.79 Å². The van der Waals surface area contributed by atoms with Crippen molar-refractivity contribution in [3.05, 3.63) is 35.9 Å². The van der Waals surface area contributed by atoms with Crippen LogP contribution in [-0.4, -0.2) is 22.4 Å². The standard InChI is InChI=1S/C16H16N4O2/c17-16(21)20-15-11(6-3-4-8-18-15)14(19-20)13-9-10-5-1-2-7-12(10)22-13/h1-2,5,7,9,18H,3-4,6,8H2,(H2,17,21). The summed E-state index contributed by atoms with van der Waals surface area (Å²) in [5, 5.41) is 8.66. The number of amides is 1. The van der Waals surface area contributed by atoms with Gasteiger partial charge in [-0.15, -0.1) is 0 Å². The molecule has 0 spiro atoms. The monoisotopic (exact) mass is 296 g/mol. The SMILES string of the molecule is NC(=O)n1nc(-c2cc3ccccc3o2)c2c1NCCCC2. The number of furan rings is 1. The van der Waals surface area contributed by atoms with Crippen LogP contribution in [0.5, 0.6) is 0 Å². The molecule has 6 heteroatoms. The lowest BCUT2D eigenvalue weighted by Crippen LogP contribution is -2.23. The Morgan fingerprint density at radius 1 is 1.32 bits per heavy atom. The van der Waals surface area contributed by atoms with E-state index in [9.17, 15) is 4.79 Å². The smallest absolute Gasteiger partial charge is 0.341 e. The maximum absolute atomic E-state index is 11.7. The molecule has 1 aromatic carbocycles. The highest BCUT2D eigenvalue weighted by atomic mass is 16.3. The average molecular weight is 296 g/mol. The molecule has 0 saturated heterocycles. The van der Waals surface area contributed by atoms with E-state index in [-0.39, 0.29) is 0 Å². The van der Waals surface area contributed by atoms with Crippen molar-refractivity contribution in [3.8, 4) is 11.5 Å². The molecule has 1 amide bonds. The highest BCUT2D eigenvalue weighted by molar-refractivity contribution is 5.85. The summed E-state index contributed by atoms with van der Waals surface area (Å²) in [6.45, 7) is 0.811. The Bertz CT molecular complexity index is 829. The van der Waals surface area contributed by atoms with Gasteiger partial charge in [0.2, 0.25) is 0 Å². The largest absolute Gasteiger partial charge is 0.454 e. The first-order valence-electron chi connectivity index (χ1n) is 7.38. The van der Waals surface area contributed by atoms with Gasteiger partial charge >= 0.3 is 6.03 Å². The number of aromatic nitrogens is 2. The molecule has 4 rings (SSSR count). The van der Waals surface area contributed by atoms with Gasteiger partial charge < -0.3 is 15.5 Å². The lowest BCUT2D eigenvalue weighted by Gasteiger charge is -2.04. The molecular formula is C16H16N4O2. The number of nitrogens with two attached hydrogens (primary N) is 1. The average Bonchev–Trinajstić information content (AvgIpc) is 3.01. The summed E-state index contributed by atoms with van der Waals surface area (Å²) in [6.07, 6.45) is 2.94. The molecule has 0 bridgehead atoms. The van der Waals surface area contributed by atoms with Gasteiger partial charge in [-0.2, -0.15) is 9.78 Å². The van der Waals surface area contributed by atoms with Crippen molar-refractivity contribution in [1.29, 1.82) is 0 Å². The molecule has 0 radical (unpaired) electrons. The molecule has 0 saturated carbocycles. The van der Waals surface area contributed by atoms with Crippen LogP contribution in [-0.2, 0) is 6.42 Å². The van der Waals surface area contributed by atoms with Crippen LogP contribution < -0.4 is 11.1 Å². The number of benzene rings is 1. The van der Waals surface area contributed by atoms with Crippen molar-refractivity contribution < 1.29 is 9.21 Å². The molecule has 3 aromatic rings. The van der Waals surface area contributed by atoms with E-state index in [0.29, 0.717) is 17.3 Å². The quantitative estimate of drug-likeness (QED) is 0.723. The molecule has 0 unspecified atom stereocenters. The Hall–Kier alpha value is -2.76. The second-order valence-electron chi connectivity index (χ2n) is 5.46. The number of nitrogens with one attached hydrogen (secondary N) is 1. The summed E-state index contributed by atoms with van der Waals surface area (Å²) < 4.78 is 7.14. The van der Waals surface area contributed by atoms with E-state index in [2.05, 4.69) is 10.4 Å². The Kier molecular flexibility index (Phi) is 2.89. The Morgan fingerprint density at radius 3 is 3.00 bits per heavy atom. The van der Waals surface area contributed by atoms with Crippen molar-refractivity contribution >= 4 is 22.8 Å². The predicted molar refractivity (Wildman–Crippen MR) is 83.8 cm³/mol. The van der Waals surface area contributed by atoms with Crippen molar-refractivity contribution in [2.24, 2.45) is 5.73 Å². The topological polar surface area (TPSA) is 86.1 Å². The zero-order valence-electron chi connectivity index (χ0n) is 12.0. The minimum atomic E-state index is -0.590. The summed E-state index contributed by atoms with van der Waals surface area (Å²) in [7, 11) is 0. The van der Waals surface area contributed by atoms with Gasteiger partial charge in [0, 0.05) is 17.5 Å². The number of hydrogen-bond donors (Lipinski definition) is 2. The number of fused-ring (bicyclic) bond motifs is 2. The highest BCUT2D eigenvalue weighted by Gasteiger charge is 2.24. The maximum atomic E-state index is 11.7. The van der Waals surface area contributed by atoms with E-state index in [4.69, 9.17) is 10.2 Å². The van der Waals surface area contributed by atoms with Crippen LogP contribution in [0, 0.1) is 0 Å². The van der Waals surface area contributed by atoms with E-state index < -0.39 is 6.03 Å². The van der Waals surface area contributed by atoms with Crippen molar-refractivity contribution in [2.45, 2.75) is 19.3 Å². The fourth-order valence-electron chi connectivity index (χ4n) is 2.96. The zero-order valence-corrected chi connectivity index (χ0v) is 12.0. The third kappa shape index (κ3) is 1.95. The Balaban J connectivity index is 1.92. The van der Waals surface area contributed by atoms with Gasteiger partial charge in [-0.1, -0.05) is 18.2 Å². The number of anilines is 1. The molecule has 22 heavy (non-hydrogen) atoms. The third-order valence-electron chi connectivity index (χ3n) is 4.00. The molecule has 0 fully saturated rings. The zero-order chi connectivity index (χ0) is 15.1. The summed E-state index contributed by atoms with van der Waals surface area (Å²) in [5.41, 5.74) is 7.94. The fraction of sp³-hybridized carbons (Fsp3) is 0.250. The van der Waals surface area contributed by atoms with Gasteiger partial charge in [-0.05, 0) is 31.4 Å². The number of nitrogens with zero attached hydrogens (tertiary/aromatic N) is 2. The Morgan fingerprint density at radius 2 is 2.18 bits per heavy atom. The van der Waals surface area contributed by atoms with Crippen molar-refractivity contribution in [1.82, 2.24) is 9.78 Å². The van der Waals surface area contributed by atoms with Gasteiger partial charge in [0.05, 0.1) is 0 Å². The van der Waals surface area contributed by atoms with Crippen LogP contribution in [0.15, 0.2) is 34.7 Å². The minimum absolute atomic E-state index is 0.590. The maximum Gasteiger partial charge on any atom is 0.341 e. The molecule has 0 aliphatic carbocycles. The molecule has 0 atom stereocenters. The first-order chi connectivity index (χ1) is 10.7. The van der Waals surface area contributed by atoms with Crippen LogP contribution in [0.2, 0.25) is 0 Å². The van der Waals surface area contributed by atoms with E-state index in [1.165, 1.54) is 4.68 Å². The summed E-state index contributed by atoms with van der Waals surface area (Å²) >= 11 is 0. The lowest BCUT2D eigenvalue weighted by molar-refractivity contribution is 0.248. The van der Waals surface area contributed by atoms with E-state index in [1.54, 1.807) is 0 Å².